The number of carbonyl (C=O) groups is 1. The standard InChI is InChI=1S/C16H28O4P/c1-3-19-10-11-21(18)13-15(16(17)20-4-2)12-14-8-6-5-7-9-14/h12,14H,3-11,13H2,1-2H3/q+1/b15-12+. The molecule has 0 bridgehead atoms. The van der Waals surface area contributed by atoms with Gasteiger partial charge in [0, 0.05) is 6.61 Å². The number of rotatable bonds is 9. The molecule has 0 aromatic carbocycles. The zero-order valence-electron chi connectivity index (χ0n) is 13.3. The van der Waals surface area contributed by atoms with E-state index in [0.29, 0.717) is 43.6 Å². The summed E-state index contributed by atoms with van der Waals surface area (Å²) in [4.78, 5) is 12.0. The lowest BCUT2D eigenvalue weighted by molar-refractivity contribution is -0.138. The summed E-state index contributed by atoms with van der Waals surface area (Å²) in [5.74, 6) is 0.135. The Labute approximate surface area is 129 Å². The molecule has 1 fully saturated rings. The minimum absolute atomic E-state index is 0.303. The minimum atomic E-state index is -1.45. The van der Waals surface area contributed by atoms with E-state index in [1.165, 1.54) is 19.3 Å². The van der Waals surface area contributed by atoms with Gasteiger partial charge in [0.05, 0.1) is 18.8 Å². The molecule has 4 nitrogen and oxygen atoms in total. The topological polar surface area (TPSA) is 52.6 Å². The summed E-state index contributed by atoms with van der Waals surface area (Å²) in [6.07, 6.45) is 8.80. The van der Waals surface area contributed by atoms with Crippen molar-refractivity contribution in [2.45, 2.75) is 46.0 Å². The third-order valence-corrected chi connectivity index (χ3v) is 5.03. The van der Waals surface area contributed by atoms with Crippen LogP contribution < -0.4 is 0 Å². The second-order valence-electron chi connectivity index (χ2n) is 5.37. The van der Waals surface area contributed by atoms with Gasteiger partial charge in [-0.1, -0.05) is 29.9 Å². The Bertz CT molecular complexity index is 359. The van der Waals surface area contributed by atoms with Crippen molar-refractivity contribution in [3.8, 4) is 0 Å². The van der Waals surface area contributed by atoms with Crippen LogP contribution in [-0.4, -0.2) is 38.1 Å². The first-order valence-corrected chi connectivity index (χ1v) is 9.68. The molecule has 5 heteroatoms. The highest BCUT2D eigenvalue weighted by Gasteiger charge is 2.25. The second kappa shape index (κ2) is 10.9. The molecule has 0 saturated heterocycles. The Morgan fingerprint density at radius 2 is 1.90 bits per heavy atom. The molecule has 0 aromatic rings. The van der Waals surface area contributed by atoms with Crippen molar-refractivity contribution in [1.29, 1.82) is 0 Å². The van der Waals surface area contributed by atoms with Crippen LogP contribution in [0.5, 0.6) is 0 Å². The molecule has 1 rings (SSSR count). The Balaban J connectivity index is 2.60. The smallest absolute Gasteiger partial charge is 0.346 e. The zero-order valence-corrected chi connectivity index (χ0v) is 14.2. The van der Waals surface area contributed by atoms with Crippen molar-refractivity contribution in [3.63, 3.8) is 0 Å². The van der Waals surface area contributed by atoms with E-state index in [4.69, 9.17) is 9.47 Å². The molecule has 120 valence electrons. The number of carbonyl (C=O) groups excluding carboxylic acids is 1. The van der Waals surface area contributed by atoms with Gasteiger partial charge in [-0.2, -0.15) is 0 Å². The summed E-state index contributed by atoms with van der Waals surface area (Å²) in [5.41, 5.74) is 0.598. The second-order valence-corrected chi connectivity index (χ2v) is 7.10. The summed E-state index contributed by atoms with van der Waals surface area (Å²) in [5, 5.41) is 0. The fourth-order valence-corrected chi connectivity index (χ4v) is 3.68. The molecule has 0 spiro atoms. The molecule has 0 heterocycles. The number of ether oxygens (including phenoxy) is 2. The quantitative estimate of drug-likeness (QED) is 0.280. The van der Waals surface area contributed by atoms with E-state index in [1.807, 2.05) is 13.0 Å². The van der Waals surface area contributed by atoms with Gasteiger partial charge in [-0.15, -0.1) is 0 Å². The Morgan fingerprint density at radius 1 is 1.19 bits per heavy atom. The van der Waals surface area contributed by atoms with Crippen molar-refractivity contribution in [3.05, 3.63) is 11.6 Å². The molecular formula is C16H28O4P+. The lowest BCUT2D eigenvalue weighted by atomic mass is 9.88. The first kappa shape index (κ1) is 18.3. The van der Waals surface area contributed by atoms with E-state index in [-0.39, 0.29) is 5.97 Å². The summed E-state index contributed by atoms with van der Waals surface area (Å²) >= 11 is 0. The maximum atomic E-state index is 12.1. The van der Waals surface area contributed by atoms with Gasteiger partial charge >= 0.3 is 13.8 Å². The summed E-state index contributed by atoms with van der Waals surface area (Å²) in [7, 11) is -1.45. The van der Waals surface area contributed by atoms with Crippen LogP contribution in [-0.2, 0) is 18.8 Å². The highest BCUT2D eigenvalue weighted by atomic mass is 31.1. The molecule has 0 aromatic heterocycles. The maximum absolute atomic E-state index is 12.1. The molecule has 0 aliphatic heterocycles. The molecule has 1 aliphatic carbocycles. The van der Waals surface area contributed by atoms with E-state index in [2.05, 4.69) is 0 Å². The van der Waals surface area contributed by atoms with Crippen LogP contribution in [0, 0.1) is 5.92 Å². The van der Waals surface area contributed by atoms with E-state index in [9.17, 15) is 9.36 Å². The average molecular weight is 315 g/mol. The van der Waals surface area contributed by atoms with E-state index in [0.717, 1.165) is 12.8 Å². The number of hydrogen-bond acceptors (Lipinski definition) is 4. The molecule has 0 amide bonds. The molecule has 0 N–H and O–H groups in total. The third-order valence-electron chi connectivity index (χ3n) is 3.66. The number of allylic oxidation sites excluding steroid dienone is 1. The third kappa shape index (κ3) is 7.73. The fourth-order valence-electron chi connectivity index (χ4n) is 2.57. The van der Waals surface area contributed by atoms with Gasteiger partial charge in [-0.05, 0) is 32.6 Å². The first-order chi connectivity index (χ1) is 10.2. The number of hydrogen-bond donors (Lipinski definition) is 0. The van der Waals surface area contributed by atoms with Crippen molar-refractivity contribution in [1.82, 2.24) is 0 Å². The maximum Gasteiger partial charge on any atom is 0.346 e. The van der Waals surface area contributed by atoms with Crippen LogP contribution >= 0.6 is 7.80 Å². The Hall–Kier alpha value is -0.730. The molecule has 1 unspecified atom stereocenters. The molecule has 21 heavy (non-hydrogen) atoms. The predicted octanol–water partition coefficient (Wildman–Crippen LogP) is 3.92. The lowest BCUT2D eigenvalue weighted by Crippen LogP contribution is -2.13. The van der Waals surface area contributed by atoms with Crippen molar-refractivity contribution >= 4 is 13.8 Å². The lowest BCUT2D eigenvalue weighted by Gasteiger charge is -2.18. The average Bonchev–Trinajstić information content (AvgIpc) is 2.48. The van der Waals surface area contributed by atoms with Gasteiger partial charge < -0.3 is 9.47 Å². The van der Waals surface area contributed by atoms with Crippen molar-refractivity contribution in [2.24, 2.45) is 5.92 Å². The van der Waals surface area contributed by atoms with Crippen LogP contribution in [0.15, 0.2) is 11.6 Å². The summed E-state index contributed by atoms with van der Waals surface area (Å²) in [6, 6.07) is 0. The Morgan fingerprint density at radius 3 is 2.52 bits per heavy atom. The van der Waals surface area contributed by atoms with Crippen LogP contribution in [0.1, 0.15) is 46.0 Å². The van der Waals surface area contributed by atoms with Crippen molar-refractivity contribution in [2.75, 3.05) is 32.1 Å². The monoisotopic (exact) mass is 315 g/mol. The normalized spacial score (nSPS) is 17.6. The molecule has 1 saturated carbocycles. The van der Waals surface area contributed by atoms with E-state index < -0.39 is 7.80 Å². The van der Waals surface area contributed by atoms with Gasteiger partial charge in [0.2, 0.25) is 0 Å². The first-order valence-electron chi connectivity index (χ1n) is 8.05. The highest BCUT2D eigenvalue weighted by molar-refractivity contribution is 7.45. The largest absolute Gasteiger partial charge is 0.463 e. The molecule has 1 aliphatic rings. The minimum Gasteiger partial charge on any atom is -0.463 e. The van der Waals surface area contributed by atoms with Crippen molar-refractivity contribution < 1.29 is 18.8 Å². The van der Waals surface area contributed by atoms with Crippen LogP contribution in [0.3, 0.4) is 0 Å². The van der Waals surface area contributed by atoms with Gasteiger partial charge in [0.1, 0.15) is 0 Å². The highest BCUT2D eigenvalue weighted by Crippen LogP contribution is 2.29. The fraction of sp³-hybridized carbons (Fsp3) is 0.812. The van der Waals surface area contributed by atoms with Crippen LogP contribution in [0.2, 0.25) is 0 Å². The summed E-state index contributed by atoms with van der Waals surface area (Å²) < 4.78 is 22.4. The van der Waals surface area contributed by atoms with E-state index in [1.54, 1.807) is 6.92 Å². The number of esters is 1. The van der Waals surface area contributed by atoms with Gasteiger partial charge in [-0.3, -0.25) is 0 Å². The van der Waals surface area contributed by atoms with Crippen LogP contribution in [0.25, 0.3) is 0 Å². The van der Waals surface area contributed by atoms with Gasteiger partial charge in [-0.25, -0.2) is 4.79 Å². The van der Waals surface area contributed by atoms with Gasteiger partial charge in [0.25, 0.3) is 0 Å². The zero-order chi connectivity index (χ0) is 15.5. The SMILES string of the molecule is CCOCC[P+](=O)C/C(=C\C1CCCCC1)C(=O)OCC. The summed E-state index contributed by atoms with van der Waals surface area (Å²) in [6.45, 7) is 5.19. The predicted molar refractivity (Wildman–Crippen MR) is 85.1 cm³/mol. The molecular weight excluding hydrogens is 287 g/mol. The molecule has 0 radical (unpaired) electrons. The molecule has 1 atom stereocenters. The van der Waals surface area contributed by atoms with E-state index >= 15 is 0 Å². The van der Waals surface area contributed by atoms with Crippen LogP contribution in [0.4, 0.5) is 0 Å². The Kier molecular flexibility index (Phi) is 9.53. The van der Waals surface area contributed by atoms with Gasteiger partial charge in [0.15, 0.2) is 12.3 Å².